The normalized spacial score (nSPS) is 38.8. The zero-order chi connectivity index (χ0) is 20.5. The Balaban J connectivity index is 1.94. The first-order chi connectivity index (χ1) is 13.0. The standard InChI is InChI=1S/C25H36O3/c1-22(2)10-8-11-24(4)20(22)9-12-23(3)17-15-19(28-7)18(27-6)13-16(17)14-21(26)25(23,24)5/h13,15,20H,8-12,14H2,1-7H3/t20?,23-,24-,25-/m0/s1. The second-order valence-electron chi connectivity index (χ2n) is 10.8. The second-order valence-corrected chi connectivity index (χ2v) is 10.8. The SMILES string of the molecule is COc1cc2c(cc1OC)[C@]1(C)CCC3C(C)(C)CCC[C@]3(C)[C@@]1(C)C(=O)C2. The van der Waals surface area contributed by atoms with Crippen molar-refractivity contribution in [3.63, 3.8) is 0 Å². The number of methoxy groups -OCH3 is 2. The van der Waals surface area contributed by atoms with Gasteiger partial charge in [0.05, 0.1) is 14.2 Å². The van der Waals surface area contributed by atoms with Crippen molar-refractivity contribution in [2.24, 2.45) is 22.2 Å². The molecule has 0 radical (unpaired) electrons. The first kappa shape index (κ1) is 19.8. The molecule has 3 heteroatoms. The third-order valence-corrected chi connectivity index (χ3v) is 9.52. The predicted molar refractivity (Wildman–Crippen MR) is 112 cm³/mol. The van der Waals surface area contributed by atoms with Gasteiger partial charge in [-0.25, -0.2) is 0 Å². The summed E-state index contributed by atoms with van der Waals surface area (Å²) in [7, 11) is 3.36. The number of hydrogen-bond donors (Lipinski definition) is 0. The molecule has 0 amide bonds. The smallest absolute Gasteiger partial charge is 0.161 e. The monoisotopic (exact) mass is 384 g/mol. The summed E-state index contributed by atoms with van der Waals surface area (Å²) in [6.45, 7) is 11.9. The molecular formula is C25H36O3. The van der Waals surface area contributed by atoms with Gasteiger partial charge in [0.15, 0.2) is 11.5 Å². The van der Waals surface area contributed by atoms with E-state index < -0.39 is 0 Å². The van der Waals surface area contributed by atoms with Crippen LogP contribution in [0.15, 0.2) is 12.1 Å². The van der Waals surface area contributed by atoms with Crippen molar-refractivity contribution in [3.05, 3.63) is 23.3 Å². The van der Waals surface area contributed by atoms with Gasteiger partial charge in [0, 0.05) is 17.3 Å². The molecule has 4 rings (SSSR count). The summed E-state index contributed by atoms with van der Waals surface area (Å²) >= 11 is 0. The highest BCUT2D eigenvalue weighted by Gasteiger charge is 2.69. The maximum absolute atomic E-state index is 13.9. The molecule has 0 bridgehead atoms. The summed E-state index contributed by atoms with van der Waals surface area (Å²) in [6, 6.07) is 4.20. The van der Waals surface area contributed by atoms with E-state index in [0.29, 0.717) is 23.5 Å². The molecule has 1 aromatic rings. The lowest BCUT2D eigenvalue weighted by molar-refractivity contribution is -0.179. The summed E-state index contributed by atoms with van der Waals surface area (Å²) in [6.07, 6.45) is 6.40. The van der Waals surface area contributed by atoms with Crippen LogP contribution in [-0.2, 0) is 16.6 Å². The van der Waals surface area contributed by atoms with Crippen LogP contribution in [0.3, 0.4) is 0 Å². The van der Waals surface area contributed by atoms with Gasteiger partial charge in [-0.2, -0.15) is 0 Å². The molecule has 1 unspecified atom stereocenters. The number of ketones is 1. The zero-order valence-corrected chi connectivity index (χ0v) is 18.7. The highest BCUT2D eigenvalue weighted by Crippen LogP contribution is 2.71. The molecule has 3 nitrogen and oxygen atoms in total. The summed E-state index contributed by atoms with van der Waals surface area (Å²) in [5.74, 6) is 2.51. The Morgan fingerprint density at radius 3 is 2.21 bits per heavy atom. The van der Waals surface area contributed by atoms with Gasteiger partial charge in [-0.05, 0) is 65.7 Å². The molecule has 3 aliphatic carbocycles. The van der Waals surface area contributed by atoms with Crippen molar-refractivity contribution >= 4 is 5.78 Å². The highest BCUT2D eigenvalue weighted by atomic mass is 16.5. The fraction of sp³-hybridized carbons (Fsp3) is 0.720. The summed E-state index contributed by atoms with van der Waals surface area (Å²) < 4.78 is 11.2. The molecular weight excluding hydrogens is 348 g/mol. The third-order valence-electron chi connectivity index (χ3n) is 9.52. The summed E-state index contributed by atoms with van der Waals surface area (Å²) in [5.41, 5.74) is 2.23. The predicted octanol–water partition coefficient (Wildman–Crippen LogP) is 5.72. The quantitative estimate of drug-likeness (QED) is 0.654. The molecule has 2 saturated carbocycles. The Hall–Kier alpha value is -1.51. The maximum atomic E-state index is 13.9. The van der Waals surface area contributed by atoms with Gasteiger partial charge < -0.3 is 9.47 Å². The lowest BCUT2D eigenvalue weighted by atomic mass is 9.34. The Labute approximate surface area is 170 Å². The van der Waals surface area contributed by atoms with E-state index in [9.17, 15) is 4.79 Å². The molecule has 0 spiro atoms. The summed E-state index contributed by atoms with van der Waals surface area (Å²) in [5, 5.41) is 0. The van der Waals surface area contributed by atoms with Crippen molar-refractivity contribution in [1.29, 1.82) is 0 Å². The first-order valence-corrected chi connectivity index (χ1v) is 10.8. The molecule has 3 aliphatic rings. The van der Waals surface area contributed by atoms with E-state index in [1.807, 2.05) is 6.07 Å². The lowest BCUT2D eigenvalue weighted by Gasteiger charge is -2.68. The van der Waals surface area contributed by atoms with Crippen LogP contribution in [0.4, 0.5) is 0 Å². The largest absolute Gasteiger partial charge is 0.493 e. The average molecular weight is 385 g/mol. The van der Waals surface area contributed by atoms with Gasteiger partial charge in [-0.1, -0.05) is 41.0 Å². The van der Waals surface area contributed by atoms with Gasteiger partial charge in [0.2, 0.25) is 0 Å². The van der Waals surface area contributed by atoms with Crippen LogP contribution in [0.1, 0.15) is 77.8 Å². The lowest BCUT2D eigenvalue weighted by Crippen LogP contribution is -2.67. The minimum absolute atomic E-state index is 0.0314. The van der Waals surface area contributed by atoms with Crippen LogP contribution >= 0.6 is 0 Å². The topological polar surface area (TPSA) is 35.5 Å². The van der Waals surface area contributed by atoms with E-state index in [-0.39, 0.29) is 16.2 Å². The number of fused-ring (bicyclic) bond motifs is 5. The summed E-state index contributed by atoms with van der Waals surface area (Å²) in [4.78, 5) is 13.9. The molecule has 1 aromatic carbocycles. The number of benzene rings is 1. The Bertz CT molecular complexity index is 825. The zero-order valence-electron chi connectivity index (χ0n) is 18.7. The van der Waals surface area contributed by atoms with E-state index in [4.69, 9.17) is 9.47 Å². The Morgan fingerprint density at radius 1 is 0.929 bits per heavy atom. The van der Waals surface area contributed by atoms with Crippen molar-refractivity contribution < 1.29 is 14.3 Å². The van der Waals surface area contributed by atoms with Crippen LogP contribution in [-0.4, -0.2) is 20.0 Å². The van der Waals surface area contributed by atoms with Gasteiger partial charge in [-0.15, -0.1) is 0 Å². The maximum Gasteiger partial charge on any atom is 0.161 e. The highest BCUT2D eigenvalue weighted by molar-refractivity contribution is 5.92. The Kier molecular flexibility index (Phi) is 4.24. The number of hydrogen-bond acceptors (Lipinski definition) is 3. The van der Waals surface area contributed by atoms with Crippen LogP contribution in [0, 0.1) is 22.2 Å². The fourth-order valence-electron chi connectivity index (χ4n) is 7.70. The average Bonchev–Trinajstić information content (AvgIpc) is 2.63. The van der Waals surface area contributed by atoms with Crippen molar-refractivity contribution in [2.75, 3.05) is 14.2 Å². The molecule has 0 aliphatic heterocycles. The number of carbonyl (C=O) groups is 1. The van der Waals surface area contributed by atoms with Crippen LogP contribution in [0.2, 0.25) is 0 Å². The molecule has 0 heterocycles. The molecule has 154 valence electrons. The van der Waals surface area contributed by atoms with Gasteiger partial charge >= 0.3 is 0 Å². The molecule has 28 heavy (non-hydrogen) atoms. The van der Waals surface area contributed by atoms with E-state index in [2.05, 4.69) is 40.7 Å². The number of rotatable bonds is 2. The van der Waals surface area contributed by atoms with Gasteiger partial charge in [0.1, 0.15) is 5.78 Å². The molecule has 0 saturated heterocycles. The number of Topliss-reactive ketones (excluding diaryl/α,β-unsaturated/α-hetero) is 1. The van der Waals surface area contributed by atoms with Crippen molar-refractivity contribution in [1.82, 2.24) is 0 Å². The number of carbonyl (C=O) groups excluding carboxylic acids is 1. The van der Waals surface area contributed by atoms with Crippen LogP contribution in [0.5, 0.6) is 11.5 Å². The Morgan fingerprint density at radius 2 is 1.57 bits per heavy atom. The van der Waals surface area contributed by atoms with Crippen molar-refractivity contribution in [3.8, 4) is 11.5 Å². The van der Waals surface area contributed by atoms with Gasteiger partial charge in [-0.3, -0.25) is 4.79 Å². The molecule has 0 aromatic heterocycles. The second kappa shape index (κ2) is 6.00. The minimum Gasteiger partial charge on any atom is -0.493 e. The van der Waals surface area contributed by atoms with Gasteiger partial charge in [0.25, 0.3) is 0 Å². The van der Waals surface area contributed by atoms with Crippen LogP contribution < -0.4 is 9.47 Å². The van der Waals surface area contributed by atoms with Crippen molar-refractivity contribution in [2.45, 2.75) is 78.6 Å². The van der Waals surface area contributed by atoms with E-state index >= 15 is 0 Å². The molecule has 2 fully saturated rings. The third kappa shape index (κ3) is 2.19. The van der Waals surface area contributed by atoms with Crippen LogP contribution in [0.25, 0.3) is 0 Å². The van der Waals surface area contributed by atoms with E-state index in [1.54, 1.807) is 14.2 Å². The number of ether oxygens (including phenoxy) is 2. The minimum atomic E-state index is -0.354. The molecule has 0 N–H and O–H groups in total. The van der Waals surface area contributed by atoms with E-state index in [0.717, 1.165) is 29.9 Å². The molecule has 4 atom stereocenters. The first-order valence-electron chi connectivity index (χ1n) is 10.8. The van der Waals surface area contributed by atoms with E-state index in [1.165, 1.54) is 24.8 Å². The fourth-order valence-corrected chi connectivity index (χ4v) is 7.70.